The van der Waals surface area contributed by atoms with Crippen molar-refractivity contribution in [1.82, 2.24) is 15.2 Å². The van der Waals surface area contributed by atoms with Crippen LogP contribution in [0.3, 0.4) is 0 Å². The normalized spacial score (nSPS) is 13.1. The van der Waals surface area contributed by atoms with Crippen LogP contribution in [0, 0.1) is 0 Å². The van der Waals surface area contributed by atoms with Crippen LogP contribution in [-0.2, 0) is 0 Å². The third-order valence-corrected chi connectivity index (χ3v) is 3.40. The van der Waals surface area contributed by atoms with Gasteiger partial charge in [-0.1, -0.05) is 6.07 Å². The summed E-state index contributed by atoms with van der Waals surface area (Å²) < 4.78 is 0. The molecule has 1 N–H and O–H groups in total. The summed E-state index contributed by atoms with van der Waals surface area (Å²) in [7, 11) is 6.14. The molecule has 0 fully saturated rings. The molecule has 0 aromatic carbocycles. The Kier molecular flexibility index (Phi) is 5.80. The number of rotatable bonds is 6. The van der Waals surface area contributed by atoms with Gasteiger partial charge in [0.25, 0.3) is 0 Å². The summed E-state index contributed by atoms with van der Waals surface area (Å²) in [6.07, 6.45) is 1.96. The number of hydrogen-bond donors (Lipinski definition) is 1. The molecule has 0 aliphatic heterocycles. The molecule has 1 aromatic rings. The first-order chi connectivity index (χ1) is 7.63. The average molecular weight is 239 g/mol. The van der Waals surface area contributed by atoms with E-state index in [0.717, 1.165) is 17.3 Å². The number of thioether (sulfide) groups is 1. The minimum atomic E-state index is 0.369. The maximum atomic E-state index is 4.45. The SMILES string of the molecule is CNC(C)c1ccc(SCCN(C)C)nc1. The fraction of sp³-hybridized carbons (Fsp3) is 0.583. The van der Waals surface area contributed by atoms with E-state index in [-0.39, 0.29) is 0 Å². The standard InChI is InChI=1S/C12H21N3S/c1-10(13-2)11-5-6-12(14-9-11)16-8-7-15(3)4/h5-6,9-10,13H,7-8H2,1-4H3. The third kappa shape index (κ3) is 4.51. The lowest BCUT2D eigenvalue weighted by atomic mass is 10.1. The highest BCUT2D eigenvalue weighted by molar-refractivity contribution is 7.99. The number of nitrogens with one attached hydrogen (secondary N) is 1. The second kappa shape index (κ2) is 6.89. The van der Waals surface area contributed by atoms with E-state index in [1.807, 2.05) is 13.2 Å². The lowest BCUT2D eigenvalue weighted by Crippen LogP contribution is -2.15. The molecule has 1 atom stereocenters. The molecule has 0 aliphatic rings. The van der Waals surface area contributed by atoms with E-state index in [9.17, 15) is 0 Å². The van der Waals surface area contributed by atoms with Crippen molar-refractivity contribution < 1.29 is 0 Å². The zero-order valence-electron chi connectivity index (χ0n) is 10.5. The second-order valence-corrected chi connectivity index (χ2v) is 5.21. The molecule has 0 saturated heterocycles. The molecule has 0 spiro atoms. The molecule has 0 aliphatic carbocycles. The van der Waals surface area contributed by atoms with Crippen LogP contribution in [0.25, 0.3) is 0 Å². The first-order valence-corrected chi connectivity index (χ1v) is 6.52. The van der Waals surface area contributed by atoms with Crippen LogP contribution in [0.15, 0.2) is 23.4 Å². The molecular weight excluding hydrogens is 218 g/mol. The van der Waals surface area contributed by atoms with E-state index in [1.165, 1.54) is 5.56 Å². The molecule has 0 bridgehead atoms. The Morgan fingerprint density at radius 3 is 2.69 bits per heavy atom. The van der Waals surface area contributed by atoms with E-state index in [1.54, 1.807) is 11.8 Å². The minimum Gasteiger partial charge on any atom is -0.313 e. The van der Waals surface area contributed by atoms with Gasteiger partial charge in [0.2, 0.25) is 0 Å². The molecule has 90 valence electrons. The number of nitrogens with zero attached hydrogens (tertiary/aromatic N) is 2. The van der Waals surface area contributed by atoms with Crippen LogP contribution in [0.1, 0.15) is 18.5 Å². The Bertz CT molecular complexity index is 298. The zero-order chi connectivity index (χ0) is 12.0. The van der Waals surface area contributed by atoms with Gasteiger partial charge in [0.05, 0.1) is 5.03 Å². The molecule has 4 heteroatoms. The lowest BCUT2D eigenvalue weighted by molar-refractivity contribution is 0.437. The molecule has 0 saturated carbocycles. The van der Waals surface area contributed by atoms with Crippen molar-refractivity contribution >= 4 is 11.8 Å². The summed E-state index contributed by atoms with van der Waals surface area (Å²) in [6, 6.07) is 4.61. The molecular formula is C12H21N3S. The van der Waals surface area contributed by atoms with Crippen LogP contribution < -0.4 is 5.32 Å². The van der Waals surface area contributed by atoms with Gasteiger partial charge in [0.1, 0.15) is 0 Å². The highest BCUT2D eigenvalue weighted by Crippen LogP contribution is 2.17. The van der Waals surface area contributed by atoms with Gasteiger partial charge in [-0.2, -0.15) is 0 Å². The van der Waals surface area contributed by atoms with Crippen molar-refractivity contribution in [2.24, 2.45) is 0 Å². The smallest absolute Gasteiger partial charge is 0.0960 e. The van der Waals surface area contributed by atoms with Crippen molar-refractivity contribution in [1.29, 1.82) is 0 Å². The van der Waals surface area contributed by atoms with Gasteiger partial charge in [-0.15, -0.1) is 11.8 Å². The van der Waals surface area contributed by atoms with E-state index in [4.69, 9.17) is 0 Å². The Labute approximate surface area is 103 Å². The maximum Gasteiger partial charge on any atom is 0.0960 e. The predicted octanol–water partition coefficient (Wildman–Crippen LogP) is 2.02. The van der Waals surface area contributed by atoms with Gasteiger partial charge in [-0.25, -0.2) is 4.98 Å². The molecule has 1 aromatic heterocycles. The van der Waals surface area contributed by atoms with Gasteiger partial charge in [0.15, 0.2) is 0 Å². The first-order valence-electron chi connectivity index (χ1n) is 5.54. The minimum absolute atomic E-state index is 0.369. The summed E-state index contributed by atoms with van der Waals surface area (Å²) in [4.78, 5) is 6.63. The first kappa shape index (κ1) is 13.5. The summed E-state index contributed by atoms with van der Waals surface area (Å²) in [5.74, 6) is 1.08. The summed E-state index contributed by atoms with van der Waals surface area (Å²) >= 11 is 1.80. The number of aromatic nitrogens is 1. The Hall–Kier alpha value is -0.580. The van der Waals surface area contributed by atoms with Crippen molar-refractivity contribution in [3.05, 3.63) is 23.9 Å². The van der Waals surface area contributed by atoms with Gasteiger partial charge in [-0.05, 0) is 39.7 Å². The van der Waals surface area contributed by atoms with Crippen LogP contribution in [0.2, 0.25) is 0 Å². The van der Waals surface area contributed by atoms with Gasteiger partial charge in [-0.3, -0.25) is 0 Å². The highest BCUT2D eigenvalue weighted by atomic mass is 32.2. The fourth-order valence-corrected chi connectivity index (χ4v) is 2.19. The van der Waals surface area contributed by atoms with Gasteiger partial charge in [0, 0.05) is 24.5 Å². The largest absolute Gasteiger partial charge is 0.313 e. The summed E-state index contributed by atoms with van der Waals surface area (Å²) in [5, 5.41) is 4.31. The van der Waals surface area contributed by atoms with Crippen LogP contribution in [0.4, 0.5) is 0 Å². The molecule has 3 nitrogen and oxygen atoms in total. The van der Waals surface area contributed by atoms with Gasteiger partial charge < -0.3 is 10.2 Å². The quantitative estimate of drug-likeness (QED) is 0.769. The van der Waals surface area contributed by atoms with E-state index in [2.05, 4.69) is 48.4 Å². The second-order valence-electron chi connectivity index (χ2n) is 4.09. The zero-order valence-corrected chi connectivity index (χ0v) is 11.3. The maximum absolute atomic E-state index is 4.45. The monoisotopic (exact) mass is 239 g/mol. The van der Waals surface area contributed by atoms with Crippen LogP contribution in [-0.4, -0.2) is 43.3 Å². The molecule has 0 radical (unpaired) electrons. The van der Waals surface area contributed by atoms with Crippen LogP contribution in [0.5, 0.6) is 0 Å². The Morgan fingerprint density at radius 1 is 1.44 bits per heavy atom. The fourth-order valence-electron chi connectivity index (χ4n) is 1.23. The van der Waals surface area contributed by atoms with E-state index < -0.39 is 0 Å². The molecule has 1 rings (SSSR count). The van der Waals surface area contributed by atoms with E-state index in [0.29, 0.717) is 6.04 Å². The summed E-state index contributed by atoms with van der Waals surface area (Å²) in [5.41, 5.74) is 1.24. The summed E-state index contributed by atoms with van der Waals surface area (Å²) in [6.45, 7) is 3.22. The predicted molar refractivity (Wildman–Crippen MR) is 71.0 cm³/mol. The lowest BCUT2D eigenvalue weighted by Gasteiger charge is -2.11. The molecule has 1 unspecified atom stereocenters. The van der Waals surface area contributed by atoms with Crippen molar-refractivity contribution in [3.63, 3.8) is 0 Å². The highest BCUT2D eigenvalue weighted by Gasteiger charge is 2.03. The topological polar surface area (TPSA) is 28.2 Å². The Morgan fingerprint density at radius 2 is 2.19 bits per heavy atom. The Balaban J connectivity index is 2.45. The van der Waals surface area contributed by atoms with E-state index >= 15 is 0 Å². The average Bonchev–Trinajstić information content (AvgIpc) is 2.28. The van der Waals surface area contributed by atoms with Crippen molar-refractivity contribution in [2.75, 3.05) is 33.4 Å². The van der Waals surface area contributed by atoms with Crippen LogP contribution >= 0.6 is 11.8 Å². The molecule has 1 heterocycles. The van der Waals surface area contributed by atoms with Crippen molar-refractivity contribution in [3.8, 4) is 0 Å². The number of pyridine rings is 1. The molecule has 0 amide bonds. The third-order valence-electron chi connectivity index (χ3n) is 2.48. The van der Waals surface area contributed by atoms with Crippen molar-refractivity contribution in [2.45, 2.75) is 18.0 Å². The van der Waals surface area contributed by atoms with Gasteiger partial charge >= 0.3 is 0 Å². The molecule has 16 heavy (non-hydrogen) atoms. The number of hydrogen-bond acceptors (Lipinski definition) is 4.